The Kier molecular flexibility index (Phi) is 16.5. The molecule has 2 aromatic rings. The molecule has 0 radical (unpaired) electrons. The zero-order chi connectivity index (χ0) is 19.0. The number of benzene rings is 2. The second-order valence-electron chi connectivity index (χ2n) is 3.71. The lowest BCUT2D eigenvalue weighted by atomic mass is 10.2. The van der Waals surface area contributed by atoms with Crippen LogP contribution in [0.15, 0.2) is 54.6 Å². The average molecular weight is 382 g/mol. The van der Waals surface area contributed by atoms with Crippen LogP contribution in [0, 0.1) is 11.3 Å². The van der Waals surface area contributed by atoms with Crippen molar-refractivity contribution in [2.45, 2.75) is 20.8 Å². The van der Waals surface area contributed by atoms with Crippen molar-refractivity contribution in [2.75, 3.05) is 0 Å². The molecular weight excluding hydrogens is 362 g/mol. The van der Waals surface area contributed by atoms with Crippen molar-refractivity contribution in [1.29, 1.82) is 5.26 Å². The third kappa shape index (κ3) is 12.8. The van der Waals surface area contributed by atoms with Gasteiger partial charge in [-0.05, 0) is 24.3 Å². The van der Waals surface area contributed by atoms with E-state index in [1.54, 1.807) is 42.5 Å². The summed E-state index contributed by atoms with van der Waals surface area (Å²) in [5, 5.41) is 7.52. The summed E-state index contributed by atoms with van der Waals surface area (Å²) in [6.45, 7) is 5.43. The highest BCUT2D eigenvalue weighted by atomic mass is 35.5. The fourth-order valence-corrected chi connectivity index (χ4v) is 1.60. The third-order valence-electron chi connectivity index (χ3n) is 2.11. The maximum atomic E-state index is 10.6. The lowest BCUT2D eigenvalue weighted by molar-refractivity contribution is 0.108. The van der Waals surface area contributed by atoms with Gasteiger partial charge in [0, 0.05) is 23.1 Å². The van der Waals surface area contributed by atoms with Gasteiger partial charge in [-0.2, -0.15) is 5.26 Å². The number of carbonyl (C=O) groups is 2. The molecule has 6 heteroatoms. The largest absolute Gasteiger partial charge is 0.282 e. The lowest BCUT2D eigenvalue weighted by Gasteiger charge is -1.91. The van der Waals surface area contributed by atoms with Crippen molar-refractivity contribution in [1.82, 2.24) is 0 Å². The Labute approximate surface area is 159 Å². The first-order valence-electron chi connectivity index (χ1n) is 7.00. The molecule has 0 aliphatic rings. The molecule has 2 rings (SSSR count). The van der Waals surface area contributed by atoms with Crippen LogP contribution in [0.2, 0.25) is 5.02 Å². The van der Waals surface area contributed by atoms with Gasteiger partial charge in [0.05, 0.1) is 6.07 Å². The predicted molar refractivity (Wildman–Crippen MR) is 107 cm³/mol. The minimum Gasteiger partial charge on any atom is -0.282 e. The molecule has 0 aromatic heterocycles. The van der Waals surface area contributed by atoms with Gasteiger partial charge in [0.2, 0.25) is 10.2 Å². The van der Waals surface area contributed by atoms with Gasteiger partial charge in [0.15, 0.2) is 0 Å². The number of halogens is 1. The van der Waals surface area contributed by atoms with Crippen molar-refractivity contribution in [3.8, 4) is 6.07 Å². The van der Waals surface area contributed by atoms with Gasteiger partial charge >= 0.3 is 0 Å². The molecule has 0 N–H and O–H groups in total. The zero-order valence-corrected chi connectivity index (χ0v) is 16.3. The second kappa shape index (κ2) is 16.1. The SMILES string of the molecule is CC.CC#N.O=C(S)c1ccc(Cl)cc1.O=C(S)c1ccccc1. The molecule has 0 aliphatic heterocycles. The normalized spacial score (nSPS) is 7.88. The first kappa shape index (κ1) is 24.5. The van der Waals surface area contributed by atoms with Crippen LogP contribution in [0.25, 0.3) is 0 Å². The van der Waals surface area contributed by atoms with Gasteiger partial charge in [-0.3, -0.25) is 9.59 Å². The maximum absolute atomic E-state index is 10.6. The molecule has 0 aliphatic carbocycles. The Morgan fingerprint density at radius 2 is 1.21 bits per heavy atom. The molecule has 0 bridgehead atoms. The summed E-state index contributed by atoms with van der Waals surface area (Å²) >= 11 is 12.9. The summed E-state index contributed by atoms with van der Waals surface area (Å²) in [7, 11) is 0. The van der Waals surface area contributed by atoms with E-state index in [9.17, 15) is 9.59 Å². The molecule has 0 amide bonds. The van der Waals surface area contributed by atoms with E-state index in [4.69, 9.17) is 16.9 Å². The van der Waals surface area contributed by atoms with Crippen LogP contribution in [0.4, 0.5) is 0 Å². The summed E-state index contributed by atoms with van der Waals surface area (Å²) in [6.07, 6.45) is 0. The second-order valence-corrected chi connectivity index (χ2v) is 4.96. The van der Waals surface area contributed by atoms with E-state index in [1.165, 1.54) is 6.92 Å². The number of hydrogen-bond acceptors (Lipinski definition) is 3. The van der Waals surface area contributed by atoms with Crippen LogP contribution < -0.4 is 0 Å². The number of hydrogen-bond donors (Lipinski definition) is 2. The summed E-state index contributed by atoms with van der Waals surface area (Å²) in [4.78, 5) is 21.1. The fourth-order valence-electron chi connectivity index (χ4n) is 1.17. The number of rotatable bonds is 2. The number of nitrogens with zero attached hydrogens (tertiary/aromatic N) is 1. The van der Waals surface area contributed by atoms with Crippen LogP contribution in [0.5, 0.6) is 0 Å². The highest BCUT2D eigenvalue weighted by Gasteiger charge is 1.97. The topological polar surface area (TPSA) is 57.9 Å². The molecular formula is C18H20ClNO2S2. The van der Waals surface area contributed by atoms with Crippen molar-refractivity contribution >= 4 is 47.1 Å². The maximum Gasteiger partial charge on any atom is 0.216 e. The quantitative estimate of drug-likeness (QED) is 0.653. The molecule has 0 atom stereocenters. The molecule has 0 heterocycles. The Morgan fingerprint density at radius 1 is 0.875 bits per heavy atom. The Morgan fingerprint density at radius 3 is 1.50 bits per heavy atom. The lowest BCUT2D eigenvalue weighted by Crippen LogP contribution is -1.85. The van der Waals surface area contributed by atoms with Crippen molar-refractivity contribution < 1.29 is 9.59 Å². The van der Waals surface area contributed by atoms with Crippen LogP contribution in [0.3, 0.4) is 0 Å². The zero-order valence-electron chi connectivity index (χ0n) is 13.7. The van der Waals surface area contributed by atoms with E-state index in [1.807, 2.05) is 32.0 Å². The Hall–Kier alpha value is -1.74. The fraction of sp³-hybridized carbons (Fsp3) is 0.167. The smallest absolute Gasteiger partial charge is 0.216 e. The molecule has 128 valence electrons. The summed E-state index contributed by atoms with van der Waals surface area (Å²) in [5.41, 5.74) is 1.20. The van der Waals surface area contributed by atoms with E-state index in [2.05, 4.69) is 25.3 Å². The van der Waals surface area contributed by atoms with Gasteiger partial charge in [-0.15, -0.1) is 25.3 Å². The van der Waals surface area contributed by atoms with E-state index in [0.717, 1.165) is 0 Å². The summed E-state index contributed by atoms with van der Waals surface area (Å²) in [5.74, 6) is 0. The highest BCUT2D eigenvalue weighted by Crippen LogP contribution is 2.10. The molecule has 0 unspecified atom stereocenters. The average Bonchev–Trinajstić information content (AvgIpc) is 2.59. The monoisotopic (exact) mass is 381 g/mol. The Balaban J connectivity index is 0. The molecule has 0 saturated carbocycles. The third-order valence-corrected chi connectivity index (χ3v) is 2.88. The van der Waals surface area contributed by atoms with Gasteiger partial charge in [-0.25, -0.2) is 0 Å². The molecule has 24 heavy (non-hydrogen) atoms. The molecule has 2 aromatic carbocycles. The number of thiol groups is 2. The first-order valence-corrected chi connectivity index (χ1v) is 8.27. The van der Waals surface area contributed by atoms with Crippen LogP contribution in [-0.4, -0.2) is 10.2 Å². The molecule has 0 spiro atoms. The van der Waals surface area contributed by atoms with Gasteiger partial charge < -0.3 is 0 Å². The standard InChI is InChI=1S/C7H5ClOS.C7H6OS.C2H3N.C2H6/c8-6-3-1-5(2-4-6)7(9)10;8-7(9)6-4-2-1-3-5-6;1-2-3;1-2/h1-4H,(H,9,10);1-5H,(H,8,9);1H3;1-2H3. The van der Waals surface area contributed by atoms with Crippen molar-refractivity contribution in [3.05, 3.63) is 70.7 Å². The minimum atomic E-state index is -0.239. The van der Waals surface area contributed by atoms with Crippen molar-refractivity contribution in [3.63, 3.8) is 0 Å². The number of nitriles is 1. The van der Waals surface area contributed by atoms with Gasteiger partial charge in [-0.1, -0.05) is 55.8 Å². The van der Waals surface area contributed by atoms with E-state index in [0.29, 0.717) is 16.1 Å². The first-order chi connectivity index (χ1) is 11.4. The van der Waals surface area contributed by atoms with Crippen LogP contribution in [0.1, 0.15) is 41.5 Å². The minimum absolute atomic E-state index is 0.185. The van der Waals surface area contributed by atoms with E-state index >= 15 is 0 Å². The number of carbonyl (C=O) groups excluding carboxylic acids is 2. The van der Waals surface area contributed by atoms with Gasteiger partial charge in [0.1, 0.15) is 0 Å². The highest BCUT2D eigenvalue weighted by molar-refractivity contribution is 7.97. The Bertz CT molecular complexity index is 638. The molecule has 3 nitrogen and oxygen atoms in total. The van der Waals surface area contributed by atoms with Crippen LogP contribution in [-0.2, 0) is 0 Å². The summed E-state index contributed by atoms with van der Waals surface area (Å²) in [6, 6.07) is 17.3. The van der Waals surface area contributed by atoms with E-state index < -0.39 is 0 Å². The molecule has 0 saturated heterocycles. The van der Waals surface area contributed by atoms with Crippen LogP contribution >= 0.6 is 36.9 Å². The van der Waals surface area contributed by atoms with E-state index in [-0.39, 0.29) is 10.2 Å². The van der Waals surface area contributed by atoms with Crippen molar-refractivity contribution in [2.24, 2.45) is 0 Å². The van der Waals surface area contributed by atoms with Gasteiger partial charge in [0.25, 0.3) is 0 Å². The predicted octanol–water partition coefficient (Wildman–Crippen LogP) is 5.72. The molecule has 0 fully saturated rings. The summed E-state index contributed by atoms with van der Waals surface area (Å²) < 4.78 is 0.